The van der Waals surface area contributed by atoms with Gasteiger partial charge in [-0.05, 0) is 26.7 Å². The summed E-state index contributed by atoms with van der Waals surface area (Å²) in [4.78, 5) is 25.4. The molecule has 7 heteroatoms. The predicted octanol–water partition coefficient (Wildman–Crippen LogP) is 0.733. The summed E-state index contributed by atoms with van der Waals surface area (Å²) in [5.41, 5.74) is -0.689. The van der Waals surface area contributed by atoms with Gasteiger partial charge in [-0.1, -0.05) is 6.92 Å². The van der Waals surface area contributed by atoms with E-state index in [0.717, 1.165) is 12.8 Å². The summed E-state index contributed by atoms with van der Waals surface area (Å²) in [7, 11) is 0. The summed E-state index contributed by atoms with van der Waals surface area (Å²) >= 11 is 0. The zero-order chi connectivity index (χ0) is 17.3. The van der Waals surface area contributed by atoms with Crippen molar-refractivity contribution in [2.45, 2.75) is 57.8 Å². The Bertz CT molecular complexity index is 525. The van der Waals surface area contributed by atoms with Gasteiger partial charge in [0.1, 0.15) is 12.2 Å². The maximum absolute atomic E-state index is 13.4. The highest BCUT2D eigenvalue weighted by atomic mass is 19.1. The number of carbonyl (C=O) groups excluding carboxylic acids is 2. The molecule has 0 spiro atoms. The smallest absolute Gasteiger partial charge is 0.237 e. The van der Waals surface area contributed by atoms with Crippen molar-refractivity contribution in [3.05, 3.63) is 0 Å². The second kappa shape index (κ2) is 6.44. The molecule has 0 aromatic rings. The lowest BCUT2D eigenvalue weighted by Crippen LogP contribution is -2.53. The zero-order valence-electron chi connectivity index (χ0n) is 14.0. The Kier molecular flexibility index (Phi) is 4.95. The van der Waals surface area contributed by atoms with Crippen molar-refractivity contribution in [1.29, 1.82) is 5.26 Å². The molecule has 23 heavy (non-hydrogen) atoms. The highest BCUT2D eigenvalue weighted by Gasteiger charge is 2.45. The minimum absolute atomic E-state index is 0.0189. The van der Waals surface area contributed by atoms with Crippen LogP contribution in [0.1, 0.15) is 40.0 Å². The normalized spacial score (nSPS) is 25.8. The molecule has 1 saturated heterocycles. The van der Waals surface area contributed by atoms with E-state index < -0.39 is 17.8 Å². The van der Waals surface area contributed by atoms with Crippen LogP contribution in [-0.4, -0.2) is 54.1 Å². The molecule has 2 N–H and O–H groups in total. The second-order valence-electron chi connectivity index (χ2n) is 7.50. The minimum Gasteiger partial charge on any atom is -0.354 e. The summed E-state index contributed by atoms with van der Waals surface area (Å²) in [6.07, 6.45) is 0.788. The van der Waals surface area contributed by atoms with Crippen molar-refractivity contribution >= 4 is 11.8 Å². The molecule has 1 saturated carbocycles. The van der Waals surface area contributed by atoms with Crippen LogP contribution in [0.25, 0.3) is 0 Å². The molecule has 2 rings (SSSR count). The van der Waals surface area contributed by atoms with Crippen LogP contribution in [0.3, 0.4) is 0 Å². The fraction of sp³-hybridized carbons (Fsp3) is 0.812. The maximum Gasteiger partial charge on any atom is 0.237 e. The largest absolute Gasteiger partial charge is 0.354 e. The Morgan fingerprint density at radius 1 is 1.43 bits per heavy atom. The van der Waals surface area contributed by atoms with E-state index in [2.05, 4.69) is 10.6 Å². The first-order valence-corrected chi connectivity index (χ1v) is 8.03. The minimum atomic E-state index is -1.13. The van der Waals surface area contributed by atoms with E-state index in [1.165, 1.54) is 4.90 Å². The molecule has 1 aliphatic carbocycles. The standard InChI is InChI=1S/C16H25FN4O2/c1-15(2,10-19-14(23)16(3)4-5-16)20-8-13(22)21-9-11(17)6-12(21)7-18/h11-12,20H,4-6,8-10H2,1-3H3,(H,19,23)/t11-,12-/m0/s1. The van der Waals surface area contributed by atoms with E-state index in [0.29, 0.717) is 6.54 Å². The van der Waals surface area contributed by atoms with E-state index in [4.69, 9.17) is 5.26 Å². The van der Waals surface area contributed by atoms with E-state index in [9.17, 15) is 14.0 Å². The fourth-order valence-corrected chi connectivity index (χ4v) is 2.59. The number of nitrogens with zero attached hydrogens (tertiary/aromatic N) is 2. The molecular formula is C16H25FN4O2. The highest BCUT2D eigenvalue weighted by molar-refractivity contribution is 5.84. The molecule has 2 atom stereocenters. The third kappa shape index (κ3) is 4.41. The van der Waals surface area contributed by atoms with Crippen LogP contribution in [0, 0.1) is 16.7 Å². The molecule has 1 aliphatic heterocycles. The van der Waals surface area contributed by atoms with Gasteiger partial charge in [0.05, 0.1) is 19.2 Å². The van der Waals surface area contributed by atoms with Gasteiger partial charge in [-0.25, -0.2) is 4.39 Å². The number of carbonyl (C=O) groups is 2. The number of rotatable bonds is 6. The first-order chi connectivity index (χ1) is 10.7. The number of amides is 2. The SMILES string of the molecule is CC(C)(CNC(=O)C1(C)CC1)NCC(=O)N1C[C@@H](F)C[C@H]1C#N. The predicted molar refractivity (Wildman–Crippen MR) is 83.1 cm³/mol. The number of hydrogen-bond donors (Lipinski definition) is 2. The number of likely N-dealkylation sites (tertiary alicyclic amines) is 1. The van der Waals surface area contributed by atoms with Crippen LogP contribution in [0.2, 0.25) is 0 Å². The van der Waals surface area contributed by atoms with Gasteiger partial charge in [-0.3, -0.25) is 9.59 Å². The van der Waals surface area contributed by atoms with Gasteiger partial charge in [0.15, 0.2) is 0 Å². The molecule has 2 amide bonds. The zero-order valence-corrected chi connectivity index (χ0v) is 14.0. The molecule has 1 heterocycles. The third-order valence-electron chi connectivity index (χ3n) is 4.68. The quantitative estimate of drug-likeness (QED) is 0.754. The Hall–Kier alpha value is -1.68. The number of hydrogen-bond acceptors (Lipinski definition) is 4. The fourth-order valence-electron chi connectivity index (χ4n) is 2.59. The van der Waals surface area contributed by atoms with Gasteiger partial charge in [0.25, 0.3) is 0 Å². The molecule has 6 nitrogen and oxygen atoms in total. The number of nitriles is 1. The summed E-state index contributed by atoms with van der Waals surface area (Å²) in [5.74, 6) is -0.242. The van der Waals surface area contributed by atoms with Crippen LogP contribution in [0.5, 0.6) is 0 Å². The van der Waals surface area contributed by atoms with Crippen molar-refractivity contribution in [2.24, 2.45) is 5.41 Å². The summed E-state index contributed by atoms with van der Waals surface area (Å²) < 4.78 is 13.4. The number of halogens is 1. The maximum atomic E-state index is 13.4. The third-order valence-corrected chi connectivity index (χ3v) is 4.68. The van der Waals surface area contributed by atoms with Crippen molar-refractivity contribution in [3.8, 4) is 6.07 Å². The molecular weight excluding hydrogens is 299 g/mol. The van der Waals surface area contributed by atoms with Crippen LogP contribution >= 0.6 is 0 Å². The molecule has 0 aromatic carbocycles. The van der Waals surface area contributed by atoms with E-state index in [1.54, 1.807) is 0 Å². The van der Waals surface area contributed by atoms with Gasteiger partial charge in [-0.15, -0.1) is 0 Å². The van der Waals surface area contributed by atoms with Crippen LogP contribution in [0.4, 0.5) is 4.39 Å². The topological polar surface area (TPSA) is 85.2 Å². The second-order valence-corrected chi connectivity index (χ2v) is 7.50. The van der Waals surface area contributed by atoms with Crippen LogP contribution < -0.4 is 10.6 Å². The molecule has 128 valence electrons. The van der Waals surface area contributed by atoms with Gasteiger partial charge in [-0.2, -0.15) is 5.26 Å². The Morgan fingerprint density at radius 3 is 2.65 bits per heavy atom. The van der Waals surface area contributed by atoms with Crippen molar-refractivity contribution in [2.75, 3.05) is 19.6 Å². The van der Waals surface area contributed by atoms with Crippen molar-refractivity contribution in [1.82, 2.24) is 15.5 Å². The highest BCUT2D eigenvalue weighted by Crippen LogP contribution is 2.44. The first-order valence-electron chi connectivity index (χ1n) is 8.03. The average Bonchev–Trinajstić information content (AvgIpc) is 3.13. The van der Waals surface area contributed by atoms with Gasteiger partial charge in [0.2, 0.25) is 11.8 Å². The van der Waals surface area contributed by atoms with Gasteiger partial charge < -0.3 is 15.5 Å². The van der Waals surface area contributed by atoms with Crippen molar-refractivity contribution < 1.29 is 14.0 Å². The Morgan fingerprint density at radius 2 is 2.09 bits per heavy atom. The van der Waals surface area contributed by atoms with Crippen LogP contribution in [0.15, 0.2) is 0 Å². The Labute approximate surface area is 136 Å². The molecule has 0 bridgehead atoms. The molecule has 2 aliphatic rings. The average molecular weight is 324 g/mol. The van der Waals surface area contributed by atoms with E-state index >= 15 is 0 Å². The van der Waals surface area contributed by atoms with Crippen molar-refractivity contribution in [3.63, 3.8) is 0 Å². The van der Waals surface area contributed by atoms with Gasteiger partial charge in [0, 0.05) is 23.9 Å². The molecule has 0 radical (unpaired) electrons. The lowest BCUT2D eigenvalue weighted by Gasteiger charge is -2.29. The lowest BCUT2D eigenvalue weighted by atomic mass is 10.0. The molecule has 2 fully saturated rings. The van der Waals surface area contributed by atoms with E-state index in [1.807, 2.05) is 26.8 Å². The number of nitrogens with one attached hydrogen (secondary N) is 2. The van der Waals surface area contributed by atoms with E-state index in [-0.39, 0.29) is 36.7 Å². The Balaban J connectivity index is 1.78. The monoisotopic (exact) mass is 324 g/mol. The summed E-state index contributed by atoms with van der Waals surface area (Å²) in [6, 6.07) is 1.28. The molecule has 0 unspecified atom stereocenters. The summed E-state index contributed by atoms with van der Waals surface area (Å²) in [5, 5.41) is 15.0. The van der Waals surface area contributed by atoms with Crippen LogP contribution in [-0.2, 0) is 9.59 Å². The first kappa shape index (κ1) is 17.7. The number of alkyl halides is 1. The lowest BCUT2D eigenvalue weighted by molar-refractivity contribution is -0.130. The van der Waals surface area contributed by atoms with Gasteiger partial charge >= 0.3 is 0 Å². The molecule has 0 aromatic heterocycles. The summed E-state index contributed by atoms with van der Waals surface area (Å²) in [6.45, 7) is 6.12.